The van der Waals surface area contributed by atoms with E-state index in [0.717, 1.165) is 0 Å². The van der Waals surface area contributed by atoms with Gasteiger partial charge >= 0.3 is 5.97 Å². The molecule has 0 aliphatic carbocycles. The van der Waals surface area contributed by atoms with Gasteiger partial charge in [0.25, 0.3) is 0 Å². The highest BCUT2D eigenvalue weighted by Crippen LogP contribution is 2.17. The van der Waals surface area contributed by atoms with E-state index in [-0.39, 0.29) is 18.8 Å². The number of Topliss-reactive ketones (excluding diaryl/α,β-unsaturated/α-hetero) is 1. The zero-order valence-electron chi connectivity index (χ0n) is 8.11. The zero-order chi connectivity index (χ0) is 10.6. The van der Waals surface area contributed by atoms with Crippen molar-refractivity contribution in [2.75, 3.05) is 20.8 Å². The number of rotatable bonds is 4. The lowest BCUT2D eigenvalue weighted by Gasteiger charge is -2.06. The molecule has 14 heavy (non-hydrogen) atoms. The van der Waals surface area contributed by atoms with Gasteiger partial charge in [-0.3, -0.25) is 9.59 Å². The van der Waals surface area contributed by atoms with Crippen LogP contribution in [0.5, 0.6) is 0 Å². The molecule has 0 N–H and O–H groups in total. The van der Waals surface area contributed by atoms with Crippen LogP contribution in [0.3, 0.4) is 0 Å². The van der Waals surface area contributed by atoms with Crippen LogP contribution in [-0.2, 0) is 23.8 Å². The highest BCUT2D eigenvalue weighted by molar-refractivity contribution is 6.02. The summed E-state index contributed by atoms with van der Waals surface area (Å²) in [5.41, 5.74) is 0.446. The fourth-order valence-corrected chi connectivity index (χ4v) is 1.13. The summed E-state index contributed by atoms with van der Waals surface area (Å²) in [5, 5.41) is 0. The summed E-state index contributed by atoms with van der Waals surface area (Å²) in [7, 11) is 2.76. The quantitative estimate of drug-likeness (QED) is 0.600. The number of methoxy groups -OCH3 is 2. The Balaban J connectivity index is 2.47. The van der Waals surface area contributed by atoms with Crippen LogP contribution in [-0.4, -0.2) is 38.7 Å². The minimum absolute atomic E-state index is 0.0565. The van der Waals surface area contributed by atoms with E-state index in [4.69, 9.17) is 9.47 Å². The van der Waals surface area contributed by atoms with E-state index < -0.39 is 12.1 Å². The number of ketones is 1. The van der Waals surface area contributed by atoms with Gasteiger partial charge in [-0.25, -0.2) is 0 Å². The Bertz CT molecular complexity index is 268. The molecule has 0 saturated carbocycles. The molecule has 0 amide bonds. The minimum atomic E-state index is -0.743. The molecule has 0 radical (unpaired) electrons. The Morgan fingerprint density at radius 1 is 1.57 bits per heavy atom. The van der Waals surface area contributed by atoms with Gasteiger partial charge in [0, 0.05) is 7.11 Å². The highest BCUT2D eigenvalue weighted by Gasteiger charge is 2.31. The van der Waals surface area contributed by atoms with Crippen LogP contribution < -0.4 is 0 Å². The van der Waals surface area contributed by atoms with Crippen molar-refractivity contribution in [1.29, 1.82) is 0 Å². The molecule has 0 unspecified atom stereocenters. The Morgan fingerprint density at radius 3 is 2.86 bits per heavy atom. The first-order valence-corrected chi connectivity index (χ1v) is 4.13. The molecule has 0 aromatic rings. The van der Waals surface area contributed by atoms with Crippen LogP contribution >= 0.6 is 0 Å². The minimum Gasteiger partial charge on any atom is -0.489 e. The molecule has 1 rings (SSSR count). The van der Waals surface area contributed by atoms with Crippen LogP contribution in [0.25, 0.3) is 0 Å². The fourth-order valence-electron chi connectivity index (χ4n) is 1.13. The molecule has 5 nitrogen and oxygen atoms in total. The molecule has 1 atom stereocenters. The second-order valence-electron chi connectivity index (χ2n) is 2.85. The van der Waals surface area contributed by atoms with Crippen molar-refractivity contribution >= 4 is 11.8 Å². The lowest BCUT2D eigenvalue weighted by Crippen LogP contribution is -2.23. The lowest BCUT2D eigenvalue weighted by atomic mass is 10.1. The van der Waals surface area contributed by atoms with E-state index in [1.165, 1.54) is 20.5 Å². The smallest absolute Gasteiger partial charge is 0.309 e. The van der Waals surface area contributed by atoms with Gasteiger partial charge < -0.3 is 14.2 Å². The lowest BCUT2D eigenvalue weighted by molar-refractivity contribution is -0.144. The zero-order valence-corrected chi connectivity index (χ0v) is 8.11. The van der Waals surface area contributed by atoms with Crippen LogP contribution in [0.15, 0.2) is 11.8 Å². The van der Waals surface area contributed by atoms with Crippen LogP contribution in [0.2, 0.25) is 0 Å². The standard InChI is InChI=1S/C9H12O5/c1-12-4-6-5-14-7(9(6)11)3-8(10)13-2/h5,7H,3-4H2,1-2H3/t7-/m0/s1. The number of hydrogen-bond donors (Lipinski definition) is 0. The molecule has 0 aromatic carbocycles. The SMILES string of the molecule is COCC1=CO[C@@H](CC(=O)OC)C1=O. The maximum absolute atomic E-state index is 11.5. The summed E-state index contributed by atoms with van der Waals surface area (Å²) in [6, 6.07) is 0. The topological polar surface area (TPSA) is 61.8 Å². The largest absolute Gasteiger partial charge is 0.489 e. The Morgan fingerprint density at radius 2 is 2.29 bits per heavy atom. The third-order valence-electron chi connectivity index (χ3n) is 1.86. The van der Waals surface area contributed by atoms with Gasteiger partial charge in [0.1, 0.15) is 0 Å². The predicted octanol–water partition coefficient (Wildman–Crippen LogP) is 0.0477. The van der Waals surface area contributed by atoms with Gasteiger partial charge in [0.15, 0.2) is 6.10 Å². The molecule has 0 bridgehead atoms. The van der Waals surface area contributed by atoms with Crippen molar-refractivity contribution in [3.05, 3.63) is 11.8 Å². The number of esters is 1. The fraction of sp³-hybridized carbons (Fsp3) is 0.556. The molecule has 5 heteroatoms. The van der Waals surface area contributed by atoms with Crippen LogP contribution in [0.1, 0.15) is 6.42 Å². The Hall–Kier alpha value is -1.36. The highest BCUT2D eigenvalue weighted by atomic mass is 16.5. The monoisotopic (exact) mass is 200 g/mol. The van der Waals surface area contributed by atoms with E-state index in [1.807, 2.05) is 0 Å². The average Bonchev–Trinajstić information content (AvgIpc) is 2.50. The molecule has 0 aromatic heterocycles. The van der Waals surface area contributed by atoms with E-state index in [0.29, 0.717) is 5.57 Å². The van der Waals surface area contributed by atoms with E-state index >= 15 is 0 Å². The van der Waals surface area contributed by atoms with Crippen molar-refractivity contribution in [3.8, 4) is 0 Å². The third-order valence-corrected chi connectivity index (χ3v) is 1.86. The second kappa shape index (κ2) is 4.76. The first-order valence-electron chi connectivity index (χ1n) is 4.13. The number of hydrogen-bond acceptors (Lipinski definition) is 5. The van der Waals surface area contributed by atoms with Gasteiger partial charge in [-0.05, 0) is 0 Å². The predicted molar refractivity (Wildman–Crippen MR) is 46.5 cm³/mol. The van der Waals surface area contributed by atoms with Crippen molar-refractivity contribution in [2.45, 2.75) is 12.5 Å². The van der Waals surface area contributed by atoms with Crippen molar-refractivity contribution < 1.29 is 23.8 Å². The van der Waals surface area contributed by atoms with Crippen LogP contribution in [0.4, 0.5) is 0 Å². The summed E-state index contributed by atoms with van der Waals surface area (Å²) in [6.45, 7) is 0.205. The molecule has 78 valence electrons. The molecular weight excluding hydrogens is 188 g/mol. The molecular formula is C9H12O5. The molecule has 1 aliphatic heterocycles. The Labute approximate surface area is 81.6 Å². The summed E-state index contributed by atoms with van der Waals surface area (Å²) in [4.78, 5) is 22.3. The maximum Gasteiger partial charge on any atom is 0.309 e. The number of carbonyl (C=O) groups excluding carboxylic acids is 2. The van der Waals surface area contributed by atoms with Crippen LogP contribution in [0, 0.1) is 0 Å². The van der Waals surface area contributed by atoms with Crippen molar-refractivity contribution in [2.24, 2.45) is 0 Å². The van der Waals surface area contributed by atoms with E-state index in [9.17, 15) is 9.59 Å². The third kappa shape index (κ3) is 2.32. The van der Waals surface area contributed by atoms with Crippen molar-refractivity contribution in [1.82, 2.24) is 0 Å². The average molecular weight is 200 g/mol. The molecule has 0 saturated heterocycles. The summed E-state index contributed by atoms with van der Waals surface area (Å²) < 4.78 is 14.2. The number of ether oxygens (including phenoxy) is 3. The first-order chi connectivity index (χ1) is 6.69. The van der Waals surface area contributed by atoms with Gasteiger partial charge in [-0.15, -0.1) is 0 Å². The number of carbonyl (C=O) groups is 2. The molecule has 1 heterocycles. The first kappa shape index (κ1) is 10.7. The van der Waals surface area contributed by atoms with E-state index in [2.05, 4.69) is 4.74 Å². The molecule has 0 spiro atoms. The summed E-state index contributed by atoms with van der Waals surface area (Å²) in [5.74, 6) is -0.673. The second-order valence-corrected chi connectivity index (χ2v) is 2.85. The summed E-state index contributed by atoms with van der Waals surface area (Å²) >= 11 is 0. The van der Waals surface area contributed by atoms with Gasteiger partial charge in [-0.1, -0.05) is 0 Å². The Kier molecular flexibility index (Phi) is 3.64. The maximum atomic E-state index is 11.5. The van der Waals surface area contributed by atoms with Gasteiger partial charge in [0.2, 0.25) is 5.78 Å². The van der Waals surface area contributed by atoms with E-state index in [1.54, 1.807) is 0 Å². The van der Waals surface area contributed by atoms with Gasteiger partial charge in [-0.2, -0.15) is 0 Å². The summed E-state index contributed by atoms with van der Waals surface area (Å²) in [6.07, 6.45) is 0.533. The van der Waals surface area contributed by atoms with Crippen molar-refractivity contribution in [3.63, 3.8) is 0 Å². The van der Waals surface area contributed by atoms with Gasteiger partial charge in [0.05, 0.1) is 32.0 Å². The molecule has 1 aliphatic rings. The molecule has 0 fully saturated rings. The normalized spacial score (nSPS) is 20.3.